The lowest BCUT2D eigenvalue weighted by Gasteiger charge is -2.04. The predicted molar refractivity (Wildman–Crippen MR) is 104 cm³/mol. The summed E-state index contributed by atoms with van der Waals surface area (Å²) in [6.07, 6.45) is 3.76. The molecule has 0 unspecified atom stereocenters. The minimum Gasteiger partial charge on any atom is -0.250 e. The summed E-state index contributed by atoms with van der Waals surface area (Å²) in [6.45, 7) is 0. The number of halogens is 2. The van der Waals surface area contributed by atoms with Crippen LogP contribution in [0.15, 0.2) is 52.5 Å². The zero-order valence-corrected chi connectivity index (χ0v) is 15.7. The highest BCUT2D eigenvalue weighted by molar-refractivity contribution is 7.98. The van der Waals surface area contributed by atoms with E-state index in [2.05, 4.69) is 15.3 Å². The summed E-state index contributed by atoms with van der Waals surface area (Å²) in [5.41, 5.74) is 1.66. The second-order valence-corrected chi connectivity index (χ2v) is 6.92. The molecule has 0 fully saturated rings. The van der Waals surface area contributed by atoms with Gasteiger partial charge in [0.2, 0.25) is 4.77 Å². The topological polar surface area (TPSA) is 46.0 Å². The van der Waals surface area contributed by atoms with Gasteiger partial charge in [0.15, 0.2) is 5.82 Å². The average molecular weight is 395 g/mol. The minimum atomic E-state index is 0.382. The van der Waals surface area contributed by atoms with E-state index in [1.54, 1.807) is 36.2 Å². The highest BCUT2D eigenvalue weighted by Gasteiger charge is 2.12. The van der Waals surface area contributed by atoms with E-state index < -0.39 is 0 Å². The van der Waals surface area contributed by atoms with E-state index in [1.807, 2.05) is 30.5 Å². The number of hydrogen-bond acceptors (Lipinski definition) is 4. The number of rotatable bonds is 4. The number of H-pyrrole nitrogens is 1. The Balaban J connectivity index is 1.98. The summed E-state index contributed by atoms with van der Waals surface area (Å²) < 4.78 is 1.92. The normalized spacial score (nSPS) is 11.3. The summed E-state index contributed by atoms with van der Waals surface area (Å²) in [4.78, 5) is 1.20. The first kappa shape index (κ1) is 17.2. The lowest BCUT2D eigenvalue weighted by molar-refractivity contribution is 0.871. The second-order valence-electron chi connectivity index (χ2n) is 4.81. The van der Waals surface area contributed by atoms with E-state index in [-0.39, 0.29) is 0 Å². The number of nitrogens with one attached hydrogen (secondary N) is 1. The van der Waals surface area contributed by atoms with Gasteiger partial charge in [0, 0.05) is 15.5 Å². The molecule has 1 aromatic heterocycles. The van der Waals surface area contributed by atoms with Gasteiger partial charge in [-0.3, -0.25) is 0 Å². The van der Waals surface area contributed by atoms with Crippen molar-refractivity contribution in [3.63, 3.8) is 0 Å². The first-order chi connectivity index (χ1) is 11.6. The molecule has 4 nitrogen and oxygen atoms in total. The summed E-state index contributed by atoms with van der Waals surface area (Å²) in [6, 6.07) is 13.3. The number of nitrogens with zero attached hydrogens (tertiary/aromatic N) is 3. The van der Waals surface area contributed by atoms with Crippen LogP contribution in [0.25, 0.3) is 11.4 Å². The van der Waals surface area contributed by atoms with Crippen LogP contribution in [0.1, 0.15) is 5.56 Å². The molecule has 0 saturated carbocycles. The third-order valence-corrected chi connectivity index (χ3v) is 4.82. The fourth-order valence-corrected chi connectivity index (χ4v) is 3.14. The van der Waals surface area contributed by atoms with Gasteiger partial charge in [-0.15, -0.1) is 11.8 Å². The van der Waals surface area contributed by atoms with Gasteiger partial charge in [0.25, 0.3) is 0 Å². The highest BCUT2D eigenvalue weighted by atomic mass is 35.5. The number of hydrogen-bond donors (Lipinski definition) is 1. The molecule has 3 aromatic rings. The Morgan fingerprint density at radius 3 is 2.62 bits per heavy atom. The van der Waals surface area contributed by atoms with Gasteiger partial charge >= 0.3 is 0 Å². The molecule has 0 spiro atoms. The fraction of sp³-hybridized carbons (Fsp3) is 0.0625. The molecule has 0 aliphatic heterocycles. The summed E-state index contributed by atoms with van der Waals surface area (Å²) in [7, 11) is 0. The first-order valence-corrected chi connectivity index (χ1v) is 9.28. The predicted octanol–water partition coefficient (Wildman–Crippen LogP) is 5.52. The van der Waals surface area contributed by atoms with Gasteiger partial charge in [-0.2, -0.15) is 14.9 Å². The van der Waals surface area contributed by atoms with Crippen molar-refractivity contribution in [2.45, 2.75) is 4.90 Å². The molecule has 0 saturated heterocycles. The van der Waals surface area contributed by atoms with Gasteiger partial charge < -0.3 is 0 Å². The Morgan fingerprint density at radius 2 is 1.96 bits per heavy atom. The number of thioether (sulfide) groups is 1. The van der Waals surface area contributed by atoms with Gasteiger partial charge in [-0.25, -0.2) is 5.10 Å². The van der Waals surface area contributed by atoms with E-state index in [0.717, 1.165) is 5.56 Å². The number of aromatic nitrogens is 3. The third kappa shape index (κ3) is 3.72. The van der Waals surface area contributed by atoms with Gasteiger partial charge in [0.1, 0.15) is 0 Å². The maximum Gasteiger partial charge on any atom is 0.216 e. The quantitative estimate of drug-likeness (QED) is 0.360. The molecule has 0 radical (unpaired) electrons. The van der Waals surface area contributed by atoms with Crippen molar-refractivity contribution in [3.8, 4) is 11.4 Å². The maximum atomic E-state index is 6.26. The molecule has 122 valence electrons. The Kier molecular flexibility index (Phi) is 5.40. The van der Waals surface area contributed by atoms with Crippen LogP contribution in [0.2, 0.25) is 10.0 Å². The third-order valence-electron chi connectivity index (χ3n) is 3.26. The van der Waals surface area contributed by atoms with Gasteiger partial charge in [-0.05, 0) is 54.4 Å². The van der Waals surface area contributed by atoms with Crippen LogP contribution < -0.4 is 0 Å². The molecule has 24 heavy (non-hydrogen) atoms. The van der Waals surface area contributed by atoms with Gasteiger partial charge in [-0.1, -0.05) is 35.3 Å². The zero-order chi connectivity index (χ0) is 17.1. The zero-order valence-electron chi connectivity index (χ0n) is 12.5. The number of benzene rings is 2. The Hall–Kier alpha value is -1.60. The molecule has 0 aliphatic carbocycles. The molecular weight excluding hydrogens is 383 g/mol. The van der Waals surface area contributed by atoms with Crippen molar-refractivity contribution in [2.75, 3.05) is 6.26 Å². The van der Waals surface area contributed by atoms with Crippen LogP contribution in [-0.4, -0.2) is 27.3 Å². The van der Waals surface area contributed by atoms with Crippen LogP contribution in [0.3, 0.4) is 0 Å². The minimum absolute atomic E-state index is 0.382. The Bertz CT molecular complexity index is 945. The standard InChI is InChI=1S/C16H12Cl2N4S2/c1-24-12-5-2-10(3-6-12)9-19-22-15(20-21-16(22)23)13-7-4-11(17)8-14(13)18/h2-9H,1H3,(H,21,23)/b19-9-. The molecule has 0 atom stereocenters. The molecule has 1 heterocycles. The van der Waals surface area contributed by atoms with Crippen LogP contribution in [0, 0.1) is 4.77 Å². The lowest BCUT2D eigenvalue weighted by Crippen LogP contribution is -1.95. The average Bonchev–Trinajstić information content (AvgIpc) is 2.94. The van der Waals surface area contributed by atoms with E-state index in [4.69, 9.17) is 35.4 Å². The molecular formula is C16H12Cl2N4S2. The summed E-state index contributed by atoms with van der Waals surface area (Å²) in [5.74, 6) is 0.527. The molecule has 0 aliphatic rings. The molecule has 1 N–H and O–H groups in total. The van der Waals surface area contributed by atoms with Crippen molar-refractivity contribution >= 4 is 53.4 Å². The Labute approximate surface area is 158 Å². The highest BCUT2D eigenvalue weighted by Crippen LogP contribution is 2.29. The lowest BCUT2D eigenvalue weighted by atomic mass is 10.2. The van der Waals surface area contributed by atoms with Crippen LogP contribution in [-0.2, 0) is 0 Å². The molecule has 0 amide bonds. The molecule has 8 heteroatoms. The van der Waals surface area contributed by atoms with Crippen LogP contribution in [0.5, 0.6) is 0 Å². The second kappa shape index (κ2) is 7.53. The van der Waals surface area contributed by atoms with Crippen molar-refractivity contribution < 1.29 is 0 Å². The van der Waals surface area contributed by atoms with E-state index in [1.165, 1.54) is 9.57 Å². The Morgan fingerprint density at radius 1 is 1.21 bits per heavy atom. The van der Waals surface area contributed by atoms with Crippen molar-refractivity contribution in [2.24, 2.45) is 5.10 Å². The van der Waals surface area contributed by atoms with E-state index in [0.29, 0.717) is 26.2 Å². The van der Waals surface area contributed by atoms with Crippen LogP contribution in [0.4, 0.5) is 0 Å². The van der Waals surface area contributed by atoms with E-state index in [9.17, 15) is 0 Å². The monoisotopic (exact) mass is 394 g/mol. The smallest absolute Gasteiger partial charge is 0.216 e. The van der Waals surface area contributed by atoms with Crippen molar-refractivity contribution in [1.82, 2.24) is 14.9 Å². The molecule has 3 rings (SSSR count). The van der Waals surface area contributed by atoms with Crippen molar-refractivity contribution in [3.05, 3.63) is 62.8 Å². The maximum absolute atomic E-state index is 6.26. The largest absolute Gasteiger partial charge is 0.250 e. The van der Waals surface area contributed by atoms with Crippen molar-refractivity contribution in [1.29, 1.82) is 0 Å². The molecule has 2 aromatic carbocycles. The number of aromatic amines is 1. The van der Waals surface area contributed by atoms with Crippen LogP contribution >= 0.6 is 47.2 Å². The fourth-order valence-electron chi connectivity index (χ4n) is 2.06. The summed E-state index contributed by atoms with van der Waals surface area (Å²) in [5, 5.41) is 12.4. The first-order valence-electron chi connectivity index (χ1n) is 6.90. The van der Waals surface area contributed by atoms with Gasteiger partial charge in [0.05, 0.1) is 11.2 Å². The summed E-state index contributed by atoms with van der Waals surface area (Å²) >= 11 is 19.1. The molecule has 0 bridgehead atoms. The SMILES string of the molecule is CSc1ccc(/C=N\n2c(-c3ccc(Cl)cc3Cl)n[nH]c2=S)cc1. The van der Waals surface area contributed by atoms with E-state index >= 15 is 0 Å².